The highest BCUT2D eigenvalue weighted by Crippen LogP contribution is 2.19. The second-order valence-corrected chi connectivity index (χ2v) is 4.22. The third kappa shape index (κ3) is 2.77. The molecular formula is C12H17N5O. The minimum absolute atomic E-state index is 0.369. The van der Waals surface area contributed by atoms with Crippen molar-refractivity contribution in [1.29, 1.82) is 0 Å². The van der Waals surface area contributed by atoms with Crippen molar-refractivity contribution in [2.45, 2.75) is 26.4 Å². The number of nitrogens with one attached hydrogen (secondary N) is 1. The van der Waals surface area contributed by atoms with Crippen LogP contribution in [0.15, 0.2) is 24.9 Å². The van der Waals surface area contributed by atoms with Gasteiger partial charge in [-0.15, -0.1) is 0 Å². The molecule has 1 N–H and O–H groups in total. The van der Waals surface area contributed by atoms with E-state index in [2.05, 4.69) is 34.2 Å². The Balaban J connectivity index is 2.02. The summed E-state index contributed by atoms with van der Waals surface area (Å²) in [5.41, 5.74) is 1.88. The fourth-order valence-corrected chi connectivity index (χ4v) is 1.55. The quantitative estimate of drug-likeness (QED) is 0.873. The zero-order chi connectivity index (χ0) is 13.0. The van der Waals surface area contributed by atoms with Crippen LogP contribution in [0.25, 0.3) is 0 Å². The lowest BCUT2D eigenvalue weighted by atomic mass is 10.3. The molecule has 0 aliphatic carbocycles. The molecule has 0 saturated heterocycles. The first-order valence-electron chi connectivity index (χ1n) is 5.81. The summed E-state index contributed by atoms with van der Waals surface area (Å²) in [4.78, 5) is 7.99. The average Bonchev–Trinajstić information content (AvgIpc) is 2.85. The predicted molar refractivity (Wildman–Crippen MR) is 68.5 cm³/mol. The molecule has 0 spiro atoms. The Morgan fingerprint density at radius 3 is 2.89 bits per heavy atom. The van der Waals surface area contributed by atoms with Crippen LogP contribution in [0.4, 0.5) is 5.69 Å². The van der Waals surface area contributed by atoms with Gasteiger partial charge in [-0.3, -0.25) is 4.68 Å². The van der Waals surface area contributed by atoms with Crippen molar-refractivity contribution in [1.82, 2.24) is 19.7 Å². The topological polar surface area (TPSA) is 64.9 Å². The Morgan fingerprint density at radius 2 is 2.22 bits per heavy atom. The molecule has 6 nitrogen and oxygen atoms in total. The number of aromatic nitrogens is 4. The molecule has 2 rings (SSSR count). The molecule has 2 heterocycles. The molecule has 0 saturated carbocycles. The van der Waals surface area contributed by atoms with Crippen molar-refractivity contribution in [2.75, 3.05) is 12.4 Å². The Morgan fingerprint density at radius 1 is 1.39 bits per heavy atom. The van der Waals surface area contributed by atoms with E-state index < -0.39 is 0 Å². The van der Waals surface area contributed by atoms with Gasteiger partial charge < -0.3 is 10.1 Å². The lowest BCUT2D eigenvalue weighted by Gasteiger charge is -2.08. The van der Waals surface area contributed by atoms with E-state index in [1.165, 1.54) is 6.33 Å². The summed E-state index contributed by atoms with van der Waals surface area (Å²) in [6.45, 7) is 4.85. The molecule has 6 heteroatoms. The number of rotatable bonds is 5. The minimum Gasteiger partial charge on any atom is -0.479 e. The third-order valence-electron chi connectivity index (χ3n) is 2.54. The van der Waals surface area contributed by atoms with Crippen molar-refractivity contribution >= 4 is 5.69 Å². The van der Waals surface area contributed by atoms with Gasteiger partial charge in [-0.05, 0) is 13.8 Å². The zero-order valence-corrected chi connectivity index (χ0v) is 10.8. The SMILES string of the molecule is COc1ncncc1NCc1cnn(C(C)C)c1. The number of methoxy groups -OCH3 is 1. The van der Waals surface area contributed by atoms with Gasteiger partial charge in [0.1, 0.15) is 12.0 Å². The van der Waals surface area contributed by atoms with Gasteiger partial charge in [0.15, 0.2) is 0 Å². The molecule has 0 bridgehead atoms. The lowest BCUT2D eigenvalue weighted by Crippen LogP contribution is -2.03. The van der Waals surface area contributed by atoms with Gasteiger partial charge in [-0.1, -0.05) is 0 Å². The van der Waals surface area contributed by atoms with Crippen LogP contribution in [0.2, 0.25) is 0 Å². The highest BCUT2D eigenvalue weighted by atomic mass is 16.5. The van der Waals surface area contributed by atoms with Gasteiger partial charge >= 0.3 is 0 Å². The van der Waals surface area contributed by atoms with E-state index in [0.29, 0.717) is 18.5 Å². The number of ether oxygens (including phenoxy) is 1. The van der Waals surface area contributed by atoms with Crippen LogP contribution in [-0.4, -0.2) is 26.9 Å². The average molecular weight is 247 g/mol. The number of nitrogens with zero attached hydrogens (tertiary/aromatic N) is 4. The van der Waals surface area contributed by atoms with Gasteiger partial charge in [-0.25, -0.2) is 9.97 Å². The van der Waals surface area contributed by atoms with Gasteiger partial charge in [-0.2, -0.15) is 5.10 Å². The van der Waals surface area contributed by atoms with Crippen LogP contribution in [0.3, 0.4) is 0 Å². The molecule has 0 amide bonds. The van der Waals surface area contributed by atoms with Gasteiger partial charge in [0, 0.05) is 24.3 Å². The van der Waals surface area contributed by atoms with E-state index in [1.807, 2.05) is 17.1 Å². The van der Waals surface area contributed by atoms with Crippen LogP contribution in [0, 0.1) is 0 Å². The first-order valence-corrected chi connectivity index (χ1v) is 5.81. The summed E-state index contributed by atoms with van der Waals surface area (Å²) in [5.74, 6) is 0.543. The molecule has 0 aliphatic rings. The normalized spacial score (nSPS) is 10.7. The second-order valence-electron chi connectivity index (χ2n) is 4.22. The fraction of sp³-hybridized carbons (Fsp3) is 0.417. The fourth-order valence-electron chi connectivity index (χ4n) is 1.55. The number of hydrogen-bond acceptors (Lipinski definition) is 5. The summed E-state index contributed by atoms with van der Waals surface area (Å²) in [6.07, 6.45) is 7.02. The van der Waals surface area contributed by atoms with Crippen molar-refractivity contribution in [3.05, 3.63) is 30.5 Å². The Kier molecular flexibility index (Phi) is 3.76. The minimum atomic E-state index is 0.369. The molecule has 96 valence electrons. The Bertz CT molecular complexity index is 509. The molecule has 2 aromatic rings. The molecule has 0 radical (unpaired) electrons. The van der Waals surface area contributed by atoms with Crippen LogP contribution in [0.1, 0.15) is 25.5 Å². The maximum absolute atomic E-state index is 5.14. The van der Waals surface area contributed by atoms with E-state index in [-0.39, 0.29) is 0 Å². The number of hydrogen-bond donors (Lipinski definition) is 1. The maximum atomic E-state index is 5.14. The first-order chi connectivity index (χ1) is 8.70. The van der Waals surface area contributed by atoms with Crippen molar-refractivity contribution in [2.24, 2.45) is 0 Å². The Hall–Kier alpha value is -2.11. The van der Waals surface area contributed by atoms with Crippen molar-refractivity contribution in [3.63, 3.8) is 0 Å². The maximum Gasteiger partial charge on any atom is 0.240 e. The summed E-state index contributed by atoms with van der Waals surface area (Å²) >= 11 is 0. The Labute approximate surface area is 106 Å². The molecular weight excluding hydrogens is 230 g/mol. The van der Waals surface area contributed by atoms with E-state index in [1.54, 1.807) is 13.3 Å². The molecule has 0 atom stereocenters. The molecule has 18 heavy (non-hydrogen) atoms. The van der Waals surface area contributed by atoms with Crippen LogP contribution < -0.4 is 10.1 Å². The predicted octanol–water partition coefficient (Wildman–Crippen LogP) is 1.87. The van der Waals surface area contributed by atoms with Gasteiger partial charge in [0.05, 0.1) is 19.5 Å². The smallest absolute Gasteiger partial charge is 0.240 e. The summed E-state index contributed by atoms with van der Waals surface area (Å²) in [7, 11) is 1.59. The van der Waals surface area contributed by atoms with Gasteiger partial charge in [0.25, 0.3) is 0 Å². The van der Waals surface area contributed by atoms with Gasteiger partial charge in [0.2, 0.25) is 5.88 Å². The second kappa shape index (κ2) is 5.48. The summed E-state index contributed by atoms with van der Waals surface area (Å²) < 4.78 is 7.07. The van der Waals surface area contributed by atoms with Crippen molar-refractivity contribution in [3.8, 4) is 5.88 Å². The zero-order valence-electron chi connectivity index (χ0n) is 10.8. The molecule has 0 unspecified atom stereocenters. The van der Waals surface area contributed by atoms with E-state index in [4.69, 9.17) is 4.74 Å². The first kappa shape index (κ1) is 12.3. The van der Waals surface area contributed by atoms with E-state index in [0.717, 1.165) is 11.3 Å². The van der Waals surface area contributed by atoms with Crippen LogP contribution in [-0.2, 0) is 6.54 Å². The molecule has 2 aromatic heterocycles. The van der Waals surface area contributed by atoms with Crippen LogP contribution >= 0.6 is 0 Å². The van der Waals surface area contributed by atoms with Crippen molar-refractivity contribution < 1.29 is 4.74 Å². The summed E-state index contributed by atoms with van der Waals surface area (Å²) in [5, 5.41) is 7.51. The monoisotopic (exact) mass is 247 g/mol. The largest absolute Gasteiger partial charge is 0.479 e. The summed E-state index contributed by atoms with van der Waals surface area (Å²) in [6, 6.07) is 0.369. The highest BCUT2D eigenvalue weighted by Gasteiger charge is 2.05. The van der Waals surface area contributed by atoms with Crippen LogP contribution in [0.5, 0.6) is 5.88 Å². The molecule has 0 fully saturated rings. The molecule has 0 aliphatic heterocycles. The third-order valence-corrected chi connectivity index (χ3v) is 2.54. The van der Waals surface area contributed by atoms with E-state index in [9.17, 15) is 0 Å². The standard InChI is InChI=1S/C12H17N5O/c1-9(2)17-7-10(5-16-17)4-14-11-6-13-8-15-12(11)18-3/h5-9,14H,4H2,1-3H3. The van der Waals surface area contributed by atoms with E-state index >= 15 is 0 Å². The molecule has 0 aromatic carbocycles. The number of anilines is 1. The lowest BCUT2D eigenvalue weighted by molar-refractivity contribution is 0.398. The highest BCUT2D eigenvalue weighted by molar-refractivity contribution is 5.50.